The van der Waals surface area contributed by atoms with E-state index in [2.05, 4.69) is 107 Å². The Kier molecular flexibility index (Phi) is 10.0. The summed E-state index contributed by atoms with van der Waals surface area (Å²) in [6, 6.07) is 9.64. The van der Waals surface area contributed by atoms with Crippen molar-refractivity contribution in [2.45, 2.75) is 149 Å². The molecule has 2 aliphatic rings. The van der Waals surface area contributed by atoms with Crippen LogP contribution in [0.4, 0.5) is 0 Å². The van der Waals surface area contributed by atoms with Gasteiger partial charge in [-0.25, -0.2) is 0 Å². The molecule has 4 heteroatoms. The van der Waals surface area contributed by atoms with Gasteiger partial charge in [-0.2, -0.15) is 0 Å². The van der Waals surface area contributed by atoms with E-state index in [1.165, 1.54) is 33.4 Å². The normalized spacial score (nSPS) is 19.0. The number of epoxide rings is 2. The first-order valence-electron chi connectivity index (χ1n) is 16.7. The van der Waals surface area contributed by atoms with Crippen molar-refractivity contribution >= 4 is 0 Å². The molecule has 2 saturated heterocycles. The smallest absolute Gasteiger partial charge is 0.126 e. The maximum Gasteiger partial charge on any atom is 0.126 e. The minimum atomic E-state index is -0.0404. The second-order valence-electron chi connectivity index (χ2n) is 17.1. The fourth-order valence-electron chi connectivity index (χ4n) is 5.80. The van der Waals surface area contributed by atoms with E-state index in [0.717, 1.165) is 70.0 Å². The van der Waals surface area contributed by atoms with Gasteiger partial charge < -0.3 is 18.9 Å². The first-order valence-corrected chi connectivity index (χ1v) is 16.7. The molecule has 0 aliphatic carbocycles. The third-order valence-corrected chi connectivity index (χ3v) is 8.58. The van der Waals surface area contributed by atoms with Crippen LogP contribution in [0.15, 0.2) is 24.3 Å². The minimum Gasteiger partial charge on any atom is -0.493 e. The van der Waals surface area contributed by atoms with Gasteiger partial charge in [-0.05, 0) is 64.9 Å². The predicted molar refractivity (Wildman–Crippen MR) is 179 cm³/mol. The summed E-state index contributed by atoms with van der Waals surface area (Å²) in [6.45, 7) is 30.9. The highest BCUT2D eigenvalue weighted by atomic mass is 16.6. The quantitative estimate of drug-likeness (QED) is 0.182. The van der Waals surface area contributed by atoms with Crippen LogP contribution in [-0.4, -0.2) is 38.6 Å². The van der Waals surface area contributed by atoms with Gasteiger partial charge in [0.1, 0.15) is 11.5 Å². The molecular formula is C39H60O4. The Morgan fingerprint density at radius 1 is 0.535 bits per heavy atom. The van der Waals surface area contributed by atoms with Gasteiger partial charge in [0.15, 0.2) is 0 Å². The van der Waals surface area contributed by atoms with Crippen molar-refractivity contribution in [3.8, 4) is 11.5 Å². The molecule has 0 N–H and O–H groups in total. The zero-order valence-corrected chi connectivity index (χ0v) is 29.5. The average Bonchev–Trinajstić information content (AvgIpc) is 3.78. The van der Waals surface area contributed by atoms with Gasteiger partial charge in [-0.15, -0.1) is 0 Å². The van der Waals surface area contributed by atoms with Crippen molar-refractivity contribution in [2.24, 2.45) is 0 Å². The van der Waals surface area contributed by atoms with E-state index in [4.69, 9.17) is 18.9 Å². The van der Waals surface area contributed by atoms with Crippen LogP contribution < -0.4 is 9.47 Å². The summed E-state index contributed by atoms with van der Waals surface area (Å²) in [4.78, 5) is 0. The summed E-state index contributed by atoms with van der Waals surface area (Å²) < 4.78 is 24.1. The maximum absolute atomic E-state index is 6.63. The van der Waals surface area contributed by atoms with Gasteiger partial charge in [-0.1, -0.05) is 107 Å². The lowest BCUT2D eigenvalue weighted by molar-refractivity contribution is 0.280. The van der Waals surface area contributed by atoms with Crippen LogP contribution in [0.1, 0.15) is 142 Å². The van der Waals surface area contributed by atoms with Crippen LogP contribution in [0.5, 0.6) is 11.5 Å². The van der Waals surface area contributed by atoms with Crippen molar-refractivity contribution < 1.29 is 18.9 Å². The van der Waals surface area contributed by atoms with Gasteiger partial charge in [-0.3, -0.25) is 0 Å². The zero-order chi connectivity index (χ0) is 31.8. The van der Waals surface area contributed by atoms with Crippen LogP contribution in [0.25, 0.3) is 0 Å². The third kappa shape index (κ3) is 9.47. The van der Waals surface area contributed by atoms with Crippen molar-refractivity contribution in [1.82, 2.24) is 0 Å². The van der Waals surface area contributed by atoms with Crippen molar-refractivity contribution in [3.63, 3.8) is 0 Å². The largest absolute Gasteiger partial charge is 0.493 e. The molecule has 2 aromatic rings. The van der Waals surface area contributed by atoms with E-state index >= 15 is 0 Å². The number of hydrogen-bond donors (Lipinski definition) is 0. The van der Waals surface area contributed by atoms with Crippen molar-refractivity contribution in [1.29, 1.82) is 0 Å². The molecule has 2 fully saturated rings. The van der Waals surface area contributed by atoms with Gasteiger partial charge in [0.25, 0.3) is 0 Å². The second-order valence-corrected chi connectivity index (χ2v) is 17.1. The fraction of sp³-hybridized carbons (Fsp3) is 0.692. The highest BCUT2D eigenvalue weighted by Gasteiger charge is 2.31. The molecule has 0 radical (unpaired) electrons. The number of hydrogen-bond acceptors (Lipinski definition) is 4. The Bertz CT molecular complexity index is 1070. The first kappa shape index (κ1) is 33.8. The molecule has 0 spiro atoms. The van der Waals surface area contributed by atoms with E-state index in [1.807, 2.05) is 0 Å². The lowest BCUT2D eigenvalue weighted by atomic mass is 9.76. The molecule has 4 nitrogen and oxygen atoms in total. The van der Waals surface area contributed by atoms with E-state index in [0.29, 0.717) is 12.2 Å². The van der Waals surface area contributed by atoms with Crippen molar-refractivity contribution in [3.05, 3.63) is 57.6 Å². The molecule has 0 bridgehead atoms. The van der Waals surface area contributed by atoms with E-state index in [1.54, 1.807) is 0 Å². The highest BCUT2D eigenvalue weighted by Crippen LogP contribution is 2.44. The molecule has 0 saturated carbocycles. The van der Waals surface area contributed by atoms with Gasteiger partial charge in [0.05, 0.1) is 38.6 Å². The molecule has 43 heavy (non-hydrogen) atoms. The number of ether oxygens (including phenoxy) is 4. The summed E-state index contributed by atoms with van der Waals surface area (Å²) in [7, 11) is 0. The molecule has 2 atom stereocenters. The van der Waals surface area contributed by atoms with Crippen LogP contribution in [0, 0.1) is 0 Å². The number of rotatable bonds is 12. The minimum absolute atomic E-state index is 0.0404. The highest BCUT2D eigenvalue weighted by molar-refractivity contribution is 5.54. The van der Waals surface area contributed by atoms with Gasteiger partial charge in [0, 0.05) is 22.3 Å². The average molecular weight is 593 g/mol. The monoisotopic (exact) mass is 592 g/mol. The topological polar surface area (TPSA) is 43.5 Å². The second kappa shape index (κ2) is 12.8. The van der Waals surface area contributed by atoms with E-state index in [-0.39, 0.29) is 21.7 Å². The maximum atomic E-state index is 6.63. The molecular weight excluding hydrogens is 532 g/mol. The van der Waals surface area contributed by atoms with Gasteiger partial charge in [0.2, 0.25) is 0 Å². The predicted octanol–water partition coefficient (Wildman–Crippen LogP) is 9.58. The first-order chi connectivity index (χ1) is 19.8. The third-order valence-electron chi connectivity index (χ3n) is 8.58. The van der Waals surface area contributed by atoms with Crippen molar-refractivity contribution in [2.75, 3.05) is 26.4 Å². The molecule has 2 aromatic carbocycles. The summed E-state index contributed by atoms with van der Waals surface area (Å²) >= 11 is 0. The van der Waals surface area contributed by atoms with Crippen LogP contribution in [0.2, 0.25) is 0 Å². The fourth-order valence-corrected chi connectivity index (χ4v) is 5.80. The Morgan fingerprint density at radius 2 is 0.814 bits per heavy atom. The molecule has 240 valence electrons. The Labute approximate surface area is 263 Å². The van der Waals surface area contributed by atoms with Gasteiger partial charge >= 0.3 is 0 Å². The molecule has 2 unspecified atom stereocenters. The SMILES string of the molecule is CC(C)(C)c1cc(Cc2cc(C(C)(C)C)c(OCCCC3CO3)c(C(C)(C)C)c2)cc(C(C)(C)C)c1OCCCC1CO1. The summed E-state index contributed by atoms with van der Waals surface area (Å²) in [5.41, 5.74) is 7.70. The molecule has 2 heterocycles. The van der Waals surface area contributed by atoms with Crippen LogP contribution in [-0.2, 0) is 37.6 Å². The summed E-state index contributed by atoms with van der Waals surface area (Å²) in [5, 5.41) is 0. The Hall–Kier alpha value is -2.04. The standard InChI is InChI=1S/C39H60O4/c1-36(2,3)30-20-26(21-31(37(4,5)6)34(30)40-17-13-15-28-24-42-28)19-27-22-32(38(7,8)9)35(33(23-27)39(10,11)12)41-18-14-16-29-25-43-29/h20-23,28-29H,13-19,24-25H2,1-12H3. The lowest BCUT2D eigenvalue weighted by Crippen LogP contribution is -2.22. The lowest BCUT2D eigenvalue weighted by Gasteiger charge is -2.32. The zero-order valence-electron chi connectivity index (χ0n) is 29.5. The van der Waals surface area contributed by atoms with E-state index < -0.39 is 0 Å². The van der Waals surface area contributed by atoms with E-state index in [9.17, 15) is 0 Å². The summed E-state index contributed by atoms with van der Waals surface area (Å²) in [6.07, 6.45) is 5.96. The molecule has 0 aromatic heterocycles. The summed E-state index contributed by atoms with van der Waals surface area (Å²) in [5.74, 6) is 2.15. The molecule has 0 amide bonds. The molecule has 2 aliphatic heterocycles. The van der Waals surface area contributed by atoms with Crippen LogP contribution >= 0.6 is 0 Å². The molecule has 4 rings (SSSR count). The van der Waals surface area contributed by atoms with Crippen LogP contribution in [0.3, 0.4) is 0 Å². The Morgan fingerprint density at radius 3 is 1.05 bits per heavy atom. The Balaban J connectivity index is 1.72. The number of benzene rings is 2.